The summed E-state index contributed by atoms with van der Waals surface area (Å²) in [5.41, 5.74) is 2.17. The van der Waals surface area contributed by atoms with Crippen LogP contribution in [0.2, 0.25) is 0 Å². The molecule has 0 bridgehead atoms. The SMILES string of the molecule is C[C@@H]1C[C@H](C)CN(C(=O)c2nn(C)c3c2CS(=O)(=O)c2ccccc2-3)C1. The van der Waals surface area contributed by atoms with Gasteiger partial charge in [-0.2, -0.15) is 5.10 Å². The molecule has 1 saturated heterocycles. The molecule has 0 unspecified atom stereocenters. The second-order valence-corrected chi connectivity index (χ2v) is 9.67. The first-order chi connectivity index (χ1) is 12.3. The Morgan fingerprint density at radius 1 is 1.15 bits per heavy atom. The van der Waals surface area contributed by atoms with Crippen LogP contribution < -0.4 is 0 Å². The lowest BCUT2D eigenvalue weighted by Gasteiger charge is -2.34. The van der Waals surface area contributed by atoms with E-state index >= 15 is 0 Å². The molecule has 2 aromatic rings. The Balaban J connectivity index is 1.82. The van der Waals surface area contributed by atoms with E-state index in [1.165, 1.54) is 0 Å². The average molecular weight is 373 g/mol. The van der Waals surface area contributed by atoms with Crippen LogP contribution in [0.4, 0.5) is 0 Å². The van der Waals surface area contributed by atoms with E-state index in [4.69, 9.17) is 0 Å². The van der Waals surface area contributed by atoms with E-state index in [9.17, 15) is 13.2 Å². The van der Waals surface area contributed by atoms with Crippen molar-refractivity contribution in [2.45, 2.75) is 30.9 Å². The summed E-state index contributed by atoms with van der Waals surface area (Å²) in [6.07, 6.45) is 1.10. The van der Waals surface area contributed by atoms with Crippen molar-refractivity contribution in [1.29, 1.82) is 0 Å². The number of rotatable bonds is 1. The summed E-state index contributed by atoms with van der Waals surface area (Å²) in [5.74, 6) is 0.543. The molecule has 1 amide bonds. The number of amides is 1. The van der Waals surface area contributed by atoms with Gasteiger partial charge in [0.25, 0.3) is 5.91 Å². The zero-order chi connectivity index (χ0) is 18.6. The van der Waals surface area contributed by atoms with Crippen LogP contribution >= 0.6 is 0 Å². The van der Waals surface area contributed by atoms with E-state index in [0.29, 0.717) is 40.9 Å². The van der Waals surface area contributed by atoms with Gasteiger partial charge >= 0.3 is 0 Å². The fourth-order valence-corrected chi connectivity index (χ4v) is 5.99. The van der Waals surface area contributed by atoms with E-state index in [2.05, 4.69) is 18.9 Å². The highest BCUT2D eigenvalue weighted by Crippen LogP contribution is 2.39. The number of fused-ring (bicyclic) bond motifs is 3. The third-order valence-corrected chi connectivity index (χ3v) is 7.01. The van der Waals surface area contributed by atoms with Gasteiger partial charge in [0.1, 0.15) is 0 Å². The molecule has 0 spiro atoms. The predicted octanol–water partition coefficient (Wildman–Crippen LogP) is 2.49. The van der Waals surface area contributed by atoms with Crippen molar-refractivity contribution in [2.75, 3.05) is 13.1 Å². The number of sulfone groups is 1. The minimum Gasteiger partial charge on any atom is -0.337 e. The molecule has 3 heterocycles. The van der Waals surface area contributed by atoms with Gasteiger partial charge in [0.05, 0.1) is 16.3 Å². The quantitative estimate of drug-likeness (QED) is 0.770. The Morgan fingerprint density at radius 2 is 1.81 bits per heavy atom. The van der Waals surface area contributed by atoms with Crippen LogP contribution in [-0.2, 0) is 22.6 Å². The number of hydrogen-bond donors (Lipinski definition) is 0. The number of carbonyl (C=O) groups is 1. The minimum atomic E-state index is -3.47. The number of likely N-dealkylation sites (tertiary alicyclic amines) is 1. The van der Waals surface area contributed by atoms with Gasteiger partial charge in [-0.3, -0.25) is 9.48 Å². The van der Waals surface area contributed by atoms with E-state index in [-0.39, 0.29) is 17.4 Å². The van der Waals surface area contributed by atoms with Crippen LogP contribution in [0.5, 0.6) is 0 Å². The van der Waals surface area contributed by atoms with Gasteiger partial charge < -0.3 is 4.90 Å². The number of piperidine rings is 1. The summed E-state index contributed by atoms with van der Waals surface area (Å²) in [4.78, 5) is 15.3. The summed E-state index contributed by atoms with van der Waals surface area (Å²) in [7, 11) is -1.70. The summed E-state index contributed by atoms with van der Waals surface area (Å²) >= 11 is 0. The minimum absolute atomic E-state index is 0.158. The third-order valence-electron chi connectivity index (χ3n) is 5.32. The van der Waals surface area contributed by atoms with E-state index in [0.717, 1.165) is 12.1 Å². The first-order valence-electron chi connectivity index (χ1n) is 8.95. The number of aryl methyl sites for hydroxylation is 1. The van der Waals surface area contributed by atoms with Crippen molar-refractivity contribution in [2.24, 2.45) is 18.9 Å². The second kappa shape index (κ2) is 5.94. The van der Waals surface area contributed by atoms with Crippen molar-refractivity contribution in [3.63, 3.8) is 0 Å². The summed E-state index contributed by atoms with van der Waals surface area (Å²) < 4.78 is 27.1. The van der Waals surface area contributed by atoms with Crippen LogP contribution in [0, 0.1) is 11.8 Å². The molecule has 138 valence electrons. The van der Waals surface area contributed by atoms with Crippen molar-refractivity contribution >= 4 is 15.7 Å². The maximum absolute atomic E-state index is 13.2. The van der Waals surface area contributed by atoms with Crippen molar-refractivity contribution in [1.82, 2.24) is 14.7 Å². The average Bonchev–Trinajstić information content (AvgIpc) is 2.89. The van der Waals surface area contributed by atoms with Crippen LogP contribution in [0.15, 0.2) is 29.2 Å². The molecule has 1 aromatic carbocycles. The molecule has 2 aliphatic rings. The molecule has 0 N–H and O–H groups in total. The molecule has 0 aliphatic carbocycles. The molecule has 4 rings (SSSR count). The summed E-state index contributed by atoms with van der Waals surface area (Å²) in [5, 5.41) is 4.44. The Kier molecular flexibility index (Phi) is 3.95. The maximum Gasteiger partial charge on any atom is 0.274 e. The summed E-state index contributed by atoms with van der Waals surface area (Å²) in [6.45, 7) is 5.67. The van der Waals surface area contributed by atoms with Gasteiger partial charge in [-0.25, -0.2) is 8.42 Å². The topological polar surface area (TPSA) is 72.3 Å². The van der Waals surface area contributed by atoms with Crippen LogP contribution in [-0.4, -0.2) is 42.1 Å². The van der Waals surface area contributed by atoms with Crippen molar-refractivity contribution < 1.29 is 13.2 Å². The van der Waals surface area contributed by atoms with Crippen LogP contribution in [0.25, 0.3) is 11.3 Å². The number of benzene rings is 1. The van der Waals surface area contributed by atoms with E-state index in [1.54, 1.807) is 29.9 Å². The molecule has 2 atom stereocenters. The largest absolute Gasteiger partial charge is 0.337 e. The standard InChI is InChI=1S/C19H23N3O3S/c1-12-8-13(2)10-22(9-12)19(23)17-15-11-26(24,25)16-7-5-4-6-14(16)18(15)21(3)20-17/h4-7,12-13H,8-11H2,1-3H3/t12-,13+. The van der Waals surface area contributed by atoms with Crippen molar-refractivity contribution in [3.8, 4) is 11.3 Å². The first-order valence-corrected chi connectivity index (χ1v) is 10.6. The molecule has 26 heavy (non-hydrogen) atoms. The number of aromatic nitrogens is 2. The molecular formula is C19H23N3O3S. The lowest BCUT2D eigenvalue weighted by atomic mass is 9.91. The molecular weight excluding hydrogens is 350 g/mol. The zero-order valence-corrected chi connectivity index (χ0v) is 16.1. The Bertz CT molecular complexity index is 983. The highest BCUT2D eigenvalue weighted by molar-refractivity contribution is 7.90. The van der Waals surface area contributed by atoms with Gasteiger partial charge in [0.15, 0.2) is 15.5 Å². The molecule has 0 saturated carbocycles. The second-order valence-electron chi connectivity index (χ2n) is 7.71. The first kappa shape index (κ1) is 17.3. The highest BCUT2D eigenvalue weighted by atomic mass is 32.2. The molecule has 7 heteroatoms. The maximum atomic E-state index is 13.2. The fraction of sp³-hybridized carbons (Fsp3) is 0.474. The molecule has 1 aromatic heterocycles. The number of nitrogens with zero attached hydrogens (tertiary/aromatic N) is 3. The predicted molar refractivity (Wildman–Crippen MR) is 98.4 cm³/mol. The van der Waals surface area contributed by atoms with Gasteiger partial charge in [0.2, 0.25) is 0 Å². The van der Waals surface area contributed by atoms with Gasteiger partial charge in [-0.15, -0.1) is 0 Å². The highest BCUT2D eigenvalue weighted by Gasteiger charge is 2.37. The third kappa shape index (κ3) is 2.65. The lowest BCUT2D eigenvalue weighted by Crippen LogP contribution is -2.43. The number of carbonyl (C=O) groups excluding carboxylic acids is 1. The number of hydrogen-bond acceptors (Lipinski definition) is 4. The molecule has 2 aliphatic heterocycles. The lowest BCUT2D eigenvalue weighted by molar-refractivity contribution is 0.0615. The summed E-state index contributed by atoms with van der Waals surface area (Å²) in [6, 6.07) is 6.94. The Labute approximate surface area is 153 Å². The van der Waals surface area contributed by atoms with Crippen LogP contribution in [0.1, 0.15) is 36.3 Å². The zero-order valence-electron chi connectivity index (χ0n) is 15.3. The fourth-order valence-electron chi connectivity index (χ4n) is 4.39. The van der Waals surface area contributed by atoms with Crippen LogP contribution in [0.3, 0.4) is 0 Å². The van der Waals surface area contributed by atoms with E-state index < -0.39 is 9.84 Å². The van der Waals surface area contributed by atoms with Gasteiger partial charge in [-0.1, -0.05) is 32.0 Å². The van der Waals surface area contributed by atoms with E-state index in [1.807, 2.05) is 11.0 Å². The molecule has 0 radical (unpaired) electrons. The Hall–Kier alpha value is -2.15. The van der Waals surface area contributed by atoms with Gasteiger partial charge in [-0.05, 0) is 24.3 Å². The molecule has 6 nitrogen and oxygen atoms in total. The van der Waals surface area contributed by atoms with Crippen molar-refractivity contribution in [3.05, 3.63) is 35.5 Å². The molecule has 1 fully saturated rings. The van der Waals surface area contributed by atoms with Gasteiger partial charge in [0, 0.05) is 31.3 Å². The Morgan fingerprint density at radius 3 is 2.50 bits per heavy atom. The smallest absolute Gasteiger partial charge is 0.274 e. The normalized spacial score (nSPS) is 24.0. The monoisotopic (exact) mass is 373 g/mol.